The van der Waals surface area contributed by atoms with Gasteiger partial charge in [-0.3, -0.25) is 4.79 Å². The van der Waals surface area contributed by atoms with Gasteiger partial charge in [0.25, 0.3) is 0 Å². The van der Waals surface area contributed by atoms with E-state index in [4.69, 9.17) is 5.73 Å². The molecule has 17 heavy (non-hydrogen) atoms. The van der Waals surface area contributed by atoms with Crippen LogP contribution in [0.25, 0.3) is 0 Å². The molecule has 1 atom stereocenters. The maximum Gasteiger partial charge on any atom is 0.230 e. The van der Waals surface area contributed by atoms with E-state index < -0.39 is 0 Å². The second-order valence-corrected chi connectivity index (χ2v) is 5.17. The van der Waals surface area contributed by atoms with Crippen molar-refractivity contribution in [2.75, 3.05) is 12.3 Å². The molecule has 94 valence electrons. The SMILES string of the molecule is Cc1cccc(CSCC(=O)N[C@@H](C)CN)c1. The van der Waals surface area contributed by atoms with E-state index in [1.165, 1.54) is 11.1 Å². The fourth-order valence-electron chi connectivity index (χ4n) is 1.44. The van der Waals surface area contributed by atoms with Crippen molar-refractivity contribution in [2.45, 2.75) is 25.6 Å². The number of hydrogen-bond acceptors (Lipinski definition) is 3. The summed E-state index contributed by atoms with van der Waals surface area (Å²) >= 11 is 1.62. The highest BCUT2D eigenvalue weighted by molar-refractivity contribution is 7.99. The van der Waals surface area contributed by atoms with Gasteiger partial charge in [-0.15, -0.1) is 11.8 Å². The molecule has 4 heteroatoms. The molecule has 0 aliphatic rings. The number of carbonyl (C=O) groups is 1. The van der Waals surface area contributed by atoms with E-state index in [2.05, 4.69) is 30.4 Å². The van der Waals surface area contributed by atoms with Gasteiger partial charge in [0.15, 0.2) is 0 Å². The van der Waals surface area contributed by atoms with Crippen LogP contribution in [0.5, 0.6) is 0 Å². The molecule has 0 aliphatic carbocycles. The monoisotopic (exact) mass is 252 g/mol. The molecule has 0 heterocycles. The maximum absolute atomic E-state index is 11.5. The van der Waals surface area contributed by atoms with E-state index in [0.29, 0.717) is 12.3 Å². The first-order valence-corrected chi connectivity index (χ1v) is 6.90. The van der Waals surface area contributed by atoms with E-state index >= 15 is 0 Å². The number of benzene rings is 1. The number of rotatable bonds is 6. The number of thioether (sulfide) groups is 1. The lowest BCUT2D eigenvalue weighted by molar-refractivity contribution is -0.119. The predicted molar refractivity (Wildman–Crippen MR) is 74.0 cm³/mol. The molecule has 1 amide bonds. The Morgan fingerprint density at radius 2 is 2.29 bits per heavy atom. The third-order valence-corrected chi connectivity index (χ3v) is 3.35. The van der Waals surface area contributed by atoms with Crippen molar-refractivity contribution in [3.8, 4) is 0 Å². The normalized spacial score (nSPS) is 12.2. The van der Waals surface area contributed by atoms with Gasteiger partial charge in [0.1, 0.15) is 0 Å². The van der Waals surface area contributed by atoms with Crippen molar-refractivity contribution in [1.29, 1.82) is 0 Å². The number of nitrogens with two attached hydrogens (primary N) is 1. The van der Waals surface area contributed by atoms with E-state index in [0.717, 1.165) is 5.75 Å². The Bertz CT molecular complexity index is 368. The van der Waals surface area contributed by atoms with Gasteiger partial charge >= 0.3 is 0 Å². The van der Waals surface area contributed by atoms with E-state index in [-0.39, 0.29) is 11.9 Å². The van der Waals surface area contributed by atoms with Crippen LogP contribution in [0.3, 0.4) is 0 Å². The van der Waals surface area contributed by atoms with Crippen LogP contribution in [0, 0.1) is 6.92 Å². The number of hydrogen-bond donors (Lipinski definition) is 2. The van der Waals surface area contributed by atoms with Crippen molar-refractivity contribution in [2.24, 2.45) is 5.73 Å². The van der Waals surface area contributed by atoms with Crippen LogP contribution >= 0.6 is 11.8 Å². The average Bonchev–Trinajstić information content (AvgIpc) is 2.29. The lowest BCUT2D eigenvalue weighted by Gasteiger charge is -2.10. The molecule has 1 aromatic rings. The summed E-state index contributed by atoms with van der Waals surface area (Å²) in [6.07, 6.45) is 0. The minimum atomic E-state index is 0.0561. The topological polar surface area (TPSA) is 55.1 Å². The van der Waals surface area contributed by atoms with Crippen molar-refractivity contribution in [3.63, 3.8) is 0 Å². The fourth-order valence-corrected chi connectivity index (χ4v) is 2.22. The van der Waals surface area contributed by atoms with Crippen molar-refractivity contribution < 1.29 is 4.79 Å². The van der Waals surface area contributed by atoms with Gasteiger partial charge in [-0.2, -0.15) is 0 Å². The van der Waals surface area contributed by atoms with Gasteiger partial charge in [-0.25, -0.2) is 0 Å². The van der Waals surface area contributed by atoms with Gasteiger partial charge in [0.2, 0.25) is 5.91 Å². The fraction of sp³-hybridized carbons (Fsp3) is 0.462. The summed E-state index contributed by atoms with van der Waals surface area (Å²) in [6, 6.07) is 8.40. The summed E-state index contributed by atoms with van der Waals surface area (Å²) in [4.78, 5) is 11.5. The second-order valence-electron chi connectivity index (χ2n) is 4.19. The molecule has 0 spiro atoms. The van der Waals surface area contributed by atoms with Crippen LogP contribution in [-0.2, 0) is 10.5 Å². The maximum atomic E-state index is 11.5. The number of nitrogens with one attached hydrogen (secondary N) is 1. The molecule has 0 aromatic heterocycles. The minimum absolute atomic E-state index is 0.0561. The summed E-state index contributed by atoms with van der Waals surface area (Å²) in [7, 11) is 0. The highest BCUT2D eigenvalue weighted by Crippen LogP contribution is 2.13. The van der Waals surface area contributed by atoms with Gasteiger partial charge < -0.3 is 11.1 Å². The van der Waals surface area contributed by atoms with E-state index in [1.807, 2.05) is 13.0 Å². The van der Waals surface area contributed by atoms with Crippen LogP contribution in [0.4, 0.5) is 0 Å². The largest absolute Gasteiger partial charge is 0.352 e. The Labute approximate surface area is 107 Å². The Balaban J connectivity index is 2.26. The zero-order valence-electron chi connectivity index (χ0n) is 10.4. The van der Waals surface area contributed by atoms with Crippen LogP contribution in [0.1, 0.15) is 18.1 Å². The van der Waals surface area contributed by atoms with Gasteiger partial charge in [0.05, 0.1) is 5.75 Å². The second kappa shape index (κ2) is 7.35. The van der Waals surface area contributed by atoms with Gasteiger partial charge in [-0.05, 0) is 19.4 Å². The summed E-state index contributed by atoms with van der Waals surface area (Å²) in [5.74, 6) is 1.41. The Hall–Kier alpha value is -1.00. The third-order valence-electron chi connectivity index (χ3n) is 2.35. The first-order valence-electron chi connectivity index (χ1n) is 5.74. The quantitative estimate of drug-likeness (QED) is 0.810. The van der Waals surface area contributed by atoms with Crippen LogP contribution < -0.4 is 11.1 Å². The predicted octanol–water partition coefficient (Wildman–Crippen LogP) is 1.69. The summed E-state index contributed by atoms with van der Waals surface area (Å²) in [5, 5.41) is 2.84. The Kier molecular flexibility index (Phi) is 6.08. The molecule has 3 N–H and O–H groups in total. The molecule has 0 saturated carbocycles. The lowest BCUT2D eigenvalue weighted by Crippen LogP contribution is -2.38. The molecule has 3 nitrogen and oxygen atoms in total. The Morgan fingerprint density at radius 1 is 1.53 bits per heavy atom. The zero-order valence-corrected chi connectivity index (χ0v) is 11.2. The number of aryl methyl sites for hydroxylation is 1. The zero-order chi connectivity index (χ0) is 12.7. The summed E-state index contributed by atoms with van der Waals surface area (Å²) in [6.45, 7) is 4.46. The molecule has 0 unspecified atom stereocenters. The first kappa shape index (κ1) is 14.1. The molecule has 0 saturated heterocycles. The smallest absolute Gasteiger partial charge is 0.230 e. The van der Waals surface area contributed by atoms with Crippen molar-refractivity contribution in [3.05, 3.63) is 35.4 Å². The van der Waals surface area contributed by atoms with E-state index in [1.54, 1.807) is 11.8 Å². The molecule has 1 aromatic carbocycles. The van der Waals surface area contributed by atoms with Crippen LogP contribution in [0.15, 0.2) is 24.3 Å². The molecular weight excluding hydrogens is 232 g/mol. The third kappa shape index (κ3) is 5.75. The van der Waals surface area contributed by atoms with E-state index in [9.17, 15) is 4.79 Å². The molecule has 0 aliphatic heterocycles. The molecule has 0 bridgehead atoms. The first-order chi connectivity index (χ1) is 8.11. The average molecular weight is 252 g/mol. The van der Waals surface area contributed by atoms with Crippen LogP contribution in [-0.4, -0.2) is 24.2 Å². The molecule has 0 radical (unpaired) electrons. The molecule has 1 rings (SSSR count). The summed E-state index contributed by atoms with van der Waals surface area (Å²) < 4.78 is 0. The van der Waals surface area contributed by atoms with Crippen molar-refractivity contribution in [1.82, 2.24) is 5.32 Å². The van der Waals surface area contributed by atoms with Crippen LogP contribution in [0.2, 0.25) is 0 Å². The highest BCUT2D eigenvalue weighted by atomic mass is 32.2. The van der Waals surface area contributed by atoms with Gasteiger partial charge in [-0.1, -0.05) is 29.8 Å². The molecule has 0 fully saturated rings. The number of carbonyl (C=O) groups excluding carboxylic acids is 1. The Morgan fingerprint density at radius 3 is 2.94 bits per heavy atom. The van der Waals surface area contributed by atoms with Crippen molar-refractivity contribution >= 4 is 17.7 Å². The summed E-state index contributed by atoms with van der Waals surface area (Å²) in [5.41, 5.74) is 7.95. The number of amides is 1. The minimum Gasteiger partial charge on any atom is -0.352 e. The molecular formula is C13H20N2OS. The highest BCUT2D eigenvalue weighted by Gasteiger charge is 2.05. The standard InChI is InChI=1S/C13H20N2OS/c1-10-4-3-5-12(6-10)8-17-9-13(16)15-11(2)7-14/h3-6,11H,7-9,14H2,1-2H3,(H,15,16)/t11-/m0/s1. The van der Waals surface area contributed by atoms with Gasteiger partial charge in [0, 0.05) is 18.3 Å². The lowest BCUT2D eigenvalue weighted by atomic mass is 10.2.